The average Bonchev–Trinajstić information content (AvgIpc) is 2.26. The largest absolute Gasteiger partial charge is 0.305 e. The molecule has 0 aromatic heterocycles. The van der Waals surface area contributed by atoms with Crippen molar-refractivity contribution in [2.45, 2.75) is 13.5 Å². The molecule has 0 bridgehead atoms. The fourth-order valence-electron chi connectivity index (χ4n) is 1.20. The second-order valence-corrected chi connectivity index (χ2v) is 3.18. The third-order valence-corrected chi connectivity index (χ3v) is 2.02. The summed E-state index contributed by atoms with van der Waals surface area (Å²) >= 11 is 0. The number of halogens is 2. The summed E-state index contributed by atoms with van der Waals surface area (Å²) in [6.07, 6.45) is 0. The van der Waals surface area contributed by atoms with Crippen LogP contribution in [0.15, 0.2) is 12.1 Å². The van der Waals surface area contributed by atoms with Gasteiger partial charge in [-0.1, -0.05) is 5.92 Å². The van der Waals surface area contributed by atoms with Gasteiger partial charge in [0.25, 0.3) is 0 Å². The number of nitro groups is 1. The smallest absolute Gasteiger partial charge is 0.302 e. The first kappa shape index (κ1) is 13.1. The van der Waals surface area contributed by atoms with E-state index in [1.165, 1.54) is 0 Å². The molecule has 90 valence electrons. The standard InChI is InChI=1S/C11H10F2N2O2/c1-2-3-4-14-7-8-5-11(15(16)17)10(13)6-9(8)12/h5-6,14H,4,7H2,1H3. The van der Waals surface area contributed by atoms with Crippen LogP contribution in [-0.2, 0) is 6.54 Å². The van der Waals surface area contributed by atoms with Crippen LogP contribution in [0.1, 0.15) is 12.5 Å². The van der Waals surface area contributed by atoms with Crippen LogP contribution in [-0.4, -0.2) is 11.5 Å². The number of hydrogen-bond donors (Lipinski definition) is 1. The summed E-state index contributed by atoms with van der Waals surface area (Å²) in [4.78, 5) is 9.58. The van der Waals surface area contributed by atoms with E-state index in [1.54, 1.807) is 6.92 Å². The predicted molar refractivity (Wildman–Crippen MR) is 58.2 cm³/mol. The summed E-state index contributed by atoms with van der Waals surface area (Å²) in [5.74, 6) is 3.34. The number of nitrogens with one attached hydrogen (secondary N) is 1. The first-order valence-corrected chi connectivity index (χ1v) is 4.79. The highest BCUT2D eigenvalue weighted by Gasteiger charge is 2.17. The van der Waals surface area contributed by atoms with Crippen molar-refractivity contribution in [1.82, 2.24) is 5.32 Å². The minimum absolute atomic E-state index is 0.0380. The van der Waals surface area contributed by atoms with E-state index in [4.69, 9.17) is 0 Å². The fourth-order valence-corrected chi connectivity index (χ4v) is 1.20. The highest BCUT2D eigenvalue weighted by Crippen LogP contribution is 2.21. The molecule has 0 radical (unpaired) electrons. The van der Waals surface area contributed by atoms with Gasteiger partial charge in [-0.2, -0.15) is 4.39 Å². The van der Waals surface area contributed by atoms with Crippen LogP contribution in [0, 0.1) is 33.6 Å². The lowest BCUT2D eigenvalue weighted by atomic mass is 10.2. The molecule has 0 aliphatic rings. The van der Waals surface area contributed by atoms with Crippen LogP contribution in [0.3, 0.4) is 0 Å². The van der Waals surface area contributed by atoms with E-state index in [0.717, 1.165) is 6.07 Å². The van der Waals surface area contributed by atoms with Gasteiger partial charge < -0.3 is 5.32 Å². The van der Waals surface area contributed by atoms with Crippen LogP contribution >= 0.6 is 0 Å². The summed E-state index contributed by atoms with van der Waals surface area (Å²) in [5.41, 5.74) is -0.694. The maximum atomic E-state index is 13.3. The highest BCUT2D eigenvalue weighted by molar-refractivity contribution is 5.37. The van der Waals surface area contributed by atoms with Gasteiger partial charge in [0.1, 0.15) is 5.82 Å². The number of nitrogens with zero attached hydrogens (tertiary/aromatic N) is 1. The van der Waals surface area contributed by atoms with Crippen LogP contribution in [0.25, 0.3) is 0 Å². The summed E-state index contributed by atoms with van der Waals surface area (Å²) < 4.78 is 26.3. The Morgan fingerprint density at radius 3 is 2.71 bits per heavy atom. The Labute approximate surface area is 96.8 Å². The Balaban J connectivity index is 2.87. The third kappa shape index (κ3) is 3.50. The Morgan fingerprint density at radius 2 is 2.12 bits per heavy atom. The first-order valence-electron chi connectivity index (χ1n) is 4.79. The average molecular weight is 240 g/mol. The zero-order chi connectivity index (χ0) is 12.8. The van der Waals surface area contributed by atoms with Gasteiger partial charge in [0, 0.05) is 24.2 Å². The molecule has 4 nitrogen and oxygen atoms in total. The Bertz CT molecular complexity index is 492. The predicted octanol–water partition coefficient (Wildman–Crippen LogP) is 1.99. The molecule has 6 heteroatoms. The lowest BCUT2D eigenvalue weighted by Crippen LogP contribution is -2.14. The van der Waals surface area contributed by atoms with Crippen LogP contribution < -0.4 is 5.32 Å². The summed E-state index contributed by atoms with van der Waals surface area (Å²) in [6.45, 7) is 2.05. The van der Waals surface area contributed by atoms with Crippen molar-refractivity contribution in [1.29, 1.82) is 0 Å². The monoisotopic (exact) mass is 240 g/mol. The maximum absolute atomic E-state index is 13.3. The normalized spacial score (nSPS) is 9.59. The van der Waals surface area contributed by atoms with E-state index in [-0.39, 0.29) is 12.1 Å². The molecule has 1 rings (SSSR count). The van der Waals surface area contributed by atoms with Gasteiger partial charge in [-0.15, -0.1) is 5.92 Å². The van der Waals surface area contributed by atoms with Crippen LogP contribution in [0.5, 0.6) is 0 Å². The Kier molecular flexibility index (Phi) is 4.55. The van der Waals surface area contributed by atoms with Crippen molar-refractivity contribution >= 4 is 5.69 Å². The van der Waals surface area contributed by atoms with Crippen molar-refractivity contribution in [2.24, 2.45) is 0 Å². The zero-order valence-corrected chi connectivity index (χ0v) is 9.09. The molecule has 0 spiro atoms. The molecule has 1 aromatic carbocycles. The summed E-state index contributed by atoms with van der Waals surface area (Å²) in [7, 11) is 0. The molecule has 0 heterocycles. The van der Waals surface area contributed by atoms with E-state index in [2.05, 4.69) is 17.2 Å². The van der Waals surface area contributed by atoms with E-state index in [9.17, 15) is 18.9 Å². The van der Waals surface area contributed by atoms with E-state index < -0.39 is 22.2 Å². The second-order valence-electron chi connectivity index (χ2n) is 3.18. The van der Waals surface area contributed by atoms with Gasteiger partial charge in [-0.25, -0.2) is 4.39 Å². The molecule has 0 saturated heterocycles. The molecule has 0 aliphatic heterocycles. The molecular formula is C11H10F2N2O2. The topological polar surface area (TPSA) is 55.2 Å². The molecule has 0 saturated carbocycles. The number of benzene rings is 1. The quantitative estimate of drug-likeness (QED) is 0.379. The minimum atomic E-state index is -1.18. The molecule has 0 unspecified atom stereocenters. The molecule has 17 heavy (non-hydrogen) atoms. The first-order chi connectivity index (χ1) is 8.06. The third-order valence-electron chi connectivity index (χ3n) is 2.02. The lowest BCUT2D eigenvalue weighted by Gasteiger charge is -2.04. The SMILES string of the molecule is CC#CCNCc1cc([N+](=O)[O-])c(F)cc1F. The zero-order valence-electron chi connectivity index (χ0n) is 9.09. The lowest BCUT2D eigenvalue weighted by molar-refractivity contribution is -0.387. The highest BCUT2D eigenvalue weighted by atomic mass is 19.1. The van der Waals surface area contributed by atoms with Crippen molar-refractivity contribution in [2.75, 3.05) is 6.54 Å². The van der Waals surface area contributed by atoms with Crippen molar-refractivity contribution in [3.05, 3.63) is 39.4 Å². The fraction of sp³-hybridized carbons (Fsp3) is 0.273. The molecule has 1 N–H and O–H groups in total. The van der Waals surface area contributed by atoms with Crippen LogP contribution in [0.4, 0.5) is 14.5 Å². The Hall–Kier alpha value is -2.00. The minimum Gasteiger partial charge on any atom is -0.302 e. The van der Waals surface area contributed by atoms with Crippen molar-refractivity contribution in [3.63, 3.8) is 0 Å². The van der Waals surface area contributed by atoms with E-state index in [0.29, 0.717) is 12.6 Å². The van der Waals surface area contributed by atoms with Gasteiger partial charge in [-0.3, -0.25) is 10.1 Å². The molecule has 0 aliphatic carbocycles. The van der Waals surface area contributed by atoms with Crippen LogP contribution in [0.2, 0.25) is 0 Å². The van der Waals surface area contributed by atoms with Gasteiger partial charge >= 0.3 is 5.69 Å². The molecule has 1 aromatic rings. The molecule has 0 atom stereocenters. The van der Waals surface area contributed by atoms with Crippen molar-refractivity contribution < 1.29 is 13.7 Å². The van der Waals surface area contributed by atoms with Gasteiger partial charge in [0.05, 0.1) is 11.5 Å². The van der Waals surface area contributed by atoms with Gasteiger partial charge in [0.2, 0.25) is 5.82 Å². The molecular weight excluding hydrogens is 230 g/mol. The van der Waals surface area contributed by atoms with E-state index in [1.807, 2.05) is 0 Å². The summed E-state index contributed by atoms with van der Waals surface area (Å²) in [6, 6.07) is 1.40. The van der Waals surface area contributed by atoms with Gasteiger partial charge in [-0.05, 0) is 6.92 Å². The molecule has 0 amide bonds. The molecule has 0 fully saturated rings. The van der Waals surface area contributed by atoms with Crippen molar-refractivity contribution in [3.8, 4) is 11.8 Å². The Morgan fingerprint density at radius 1 is 1.41 bits per heavy atom. The number of rotatable bonds is 4. The maximum Gasteiger partial charge on any atom is 0.305 e. The number of hydrogen-bond acceptors (Lipinski definition) is 3. The van der Waals surface area contributed by atoms with E-state index >= 15 is 0 Å². The summed E-state index contributed by atoms with van der Waals surface area (Å²) in [5, 5.41) is 13.2. The second kappa shape index (κ2) is 5.92. The van der Waals surface area contributed by atoms with Gasteiger partial charge in [0.15, 0.2) is 0 Å². The number of nitro benzene ring substituents is 1.